The highest BCUT2D eigenvalue weighted by Gasteiger charge is 2.44. The number of rotatable bonds is 36. The zero-order valence-corrected chi connectivity index (χ0v) is 70.6. The average Bonchev–Trinajstić information content (AvgIpc) is 1.57. The van der Waals surface area contributed by atoms with E-state index in [-0.39, 0.29) is 10.8 Å². The maximum absolute atomic E-state index is 6.52. The van der Waals surface area contributed by atoms with Gasteiger partial charge < -0.3 is 4.42 Å². The van der Waals surface area contributed by atoms with Gasteiger partial charge >= 0.3 is 0 Å². The average molecular weight is 1540 g/mol. The van der Waals surface area contributed by atoms with Crippen LogP contribution in [0.4, 0.5) is 0 Å². The summed E-state index contributed by atoms with van der Waals surface area (Å²) in [5.74, 6) is 0.723. The van der Waals surface area contributed by atoms with Crippen LogP contribution in [0.2, 0.25) is 0 Å². The molecule has 2 aliphatic carbocycles. The van der Waals surface area contributed by atoms with Gasteiger partial charge in [-0.2, -0.15) is 0 Å². The van der Waals surface area contributed by atoms with Crippen molar-refractivity contribution in [2.45, 2.75) is 232 Å². The van der Waals surface area contributed by atoms with Crippen molar-refractivity contribution in [2.75, 3.05) is 0 Å². The van der Waals surface area contributed by atoms with Gasteiger partial charge in [0, 0.05) is 58.5 Å². The molecule has 0 fully saturated rings. The van der Waals surface area contributed by atoms with Crippen molar-refractivity contribution < 1.29 is 4.42 Å². The third kappa shape index (κ3) is 16.2. The number of furan rings is 1. The predicted octanol–water partition coefficient (Wildman–Crippen LogP) is 34.2. The molecule has 0 saturated heterocycles. The lowest BCUT2D eigenvalue weighted by Gasteiger charge is -2.33. The van der Waals surface area contributed by atoms with E-state index in [9.17, 15) is 0 Å². The molecule has 586 valence electrons. The first-order chi connectivity index (χ1) is 57.1. The smallest absolute Gasteiger partial charge is 0.160 e. The van der Waals surface area contributed by atoms with E-state index in [2.05, 4.69) is 296 Å². The summed E-state index contributed by atoms with van der Waals surface area (Å²) in [7, 11) is 0. The van der Waals surface area contributed by atoms with Gasteiger partial charge in [-0.1, -0.05) is 369 Å². The fourth-order valence-corrected chi connectivity index (χ4v) is 21.1. The van der Waals surface area contributed by atoms with E-state index in [0.717, 1.165) is 57.9 Å². The Labute approximate surface area is 695 Å². The molecule has 116 heavy (non-hydrogen) atoms. The minimum atomic E-state index is -0.190. The van der Waals surface area contributed by atoms with E-state index in [4.69, 9.17) is 14.4 Å². The SMILES string of the molecule is CCCCCCCCC1(CCCCCCCC)c2cc(C)ccc2-c2ccc(-c3cc(-c4ccc5c(c4)C(CCCCCCCC)(CCCCCCCC)c4cc(-c6cccc(-c7cc(-c8ccc(-c9ccc(C)cc9)cc8)nc(-c8ccccc8)n7)c6)ccc4-5)cc(-c4ccc5sc6cc7oc8ccccc8c7cc6c5c4)c3)cc21. The molecule has 4 heteroatoms. The molecule has 0 saturated carbocycles. The minimum Gasteiger partial charge on any atom is -0.456 e. The van der Waals surface area contributed by atoms with Crippen molar-refractivity contribution in [3.63, 3.8) is 0 Å². The molecule has 0 bridgehead atoms. The van der Waals surface area contributed by atoms with E-state index in [0.29, 0.717) is 0 Å². The second kappa shape index (κ2) is 35.7. The van der Waals surface area contributed by atoms with Gasteiger partial charge in [0.15, 0.2) is 5.82 Å². The number of hydrogen-bond acceptors (Lipinski definition) is 4. The summed E-state index contributed by atoms with van der Waals surface area (Å²) in [6, 6.07) is 98.3. The van der Waals surface area contributed by atoms with Crippen molar-refractivity contribution in [3.8, 4) is 112 Å². The number of fused-ring (bicyclic) bond motifs is 12. The summed E-state index contributed by atoms with van der Waals surface area (Å²) in [4.78, 5) is 10.7. The molecule has 0 atom stereocenters. The molecule has 15 aromatic rings. The Morgan fingerprint density at radius 1 is 0.250 bits per heavy atom. The molecule has 0 N–H and O–H groups in total. The molecular formula is C112H116N2OS. The van der Waals surface area contributed by atoms with Gasteiger partial charge in [0.25, 0.3) is 0 Å². The zero-order valence-electron chi connectivity index (χ0n) is 69.8. The normalized spacial score (nSPS) is 13.2. The Bertz CT molecular complexity index is 5920. The number of hydrogen-bond donors (Lipinski definition) is 0. The van der Waals surface area contributed by atoms with Crippen LogP contribution in [0.25, 0.3) is 154 Å². The Morgan fingerprint density at radius 2 is 0.638 bits per heavy atom. The first kappa shape index (κ1) is 78.3. The second-order valence-corrected chi connectivity index (χ2v) is 35.6. The molecule has 0 unspecified atom stereocenters. The number of unbranched alkanes of at least 4 members (excludes halogenated alkanes) is 20. The monoisotopic (exact) mass is 1540 g/mol. The van der Waals surface area contributed by atoms with Crippen molar-refractivity contribution in [3.05, 3.63) is 288 Å². The minimum absolute atomic E-state index is 0.0451. The molecule has 3 aromatic heterocycles. The van der Waals surface area contributed by atoms with Crippen LogP contribution in [0, 0.1) is 13.8 Å². The fraction of sp³-hybridized carbons (Fsp3) is 0.321. The molecule has 0 aliphatic heterocycles. The van der Waals surface area contributed by atoms with Crippen LogP contribution in [0.3, 0.4) is 0 Å². The maximum Gasteiger partial charge on any atom is 0.160 e. The van der Waals surface area contributed by atoms with E-state index in [1.165, 1.54) is 298 Å². The molecule has 0 spiro atoms. The molecule has 0 amide bonds. The second-order valence-electron chi connectivity index (χ2n) is 34.5. The summed E-state index contributed by atoms with van der Waals surface area (Å²) in [6.45, 7) is 13.9. The lowest BCUT2D eigenvalue weighted by molar-refractivity contribution is 0.398. The third-order valence-corrected chi connectivity index (χ3v) is 27.6. The summed E-state index contributed by atoms with van der Waals surface area (Å²) < 4.78 is 9.07. The molecule has 3 heterocycles. The molecule has 2 aliphatic rings. The van der Waals surface area contributed by atoms with Crippen LogP contribution in [0.1, 0.15) is 241 Å². The van der Waals surface area contributed by atoms with Crippen LogP contribution in [-0.2, 0) is 10.8 Å². The van der Waals surface area contributed by atoms with E-state index in [1.807, 2.05) is 11.3 Å². The van der Waals surface area contributed by atoms with Gasteiger partial charge in [0.05, 0.1) is 11.4 Å². The van der Waals surface area contributed by atoms with Crippen LogP contribution in [-0.4, -0.2) is 9.97 Å². The van der Waals surface area contributed by atoms with Gasteiger partial charge in [-0.15, -0.1) is 11.3 Å². The molecule has 12 aromatic carbocycles. The highest BCUT2D eigenvalue weighted by atomic mass is 32.1. The third-order valence-electron chi connectivity index (χ3n) is 26.4. The lowest BCUT2D eigenvalue weighted by atomic mass is 9.69. The zero-order chi connectivity index (χ0) is 79.0. The van der Waals surface area contributed by atoms with Gasteiger partial charge in [-0.25, -0.2) is 9.97 Å². The Balaban J connectivity index is 0.802. The number of aryl methyl sites for hydroxylation is 2. The quantitative estimate of drug-likeness (QED) is 0.0367. The summed E-state index contributed by atoms with van der Waals surface area (Å²) >= 11 is 1.88. The summed E-state index contributed by atoms with van der Waals surface area (Å²) in [5.41, 5.74) is 33.6. The van der Waals surface area contributed by atoms with Crippen molar-refractivity contribution >= 4 is 53.4 Å². The van der Waals surface area contributed by atoms with Gasteiger partial charge in [-0.3, -0.25) is 0 Å². The van der Waals surface area contributed by atoms with Crippen molar-refractivity contribution in [1.82, 2.24) is 9.97 Å². The highest BCUT2D eigenvalue weighted by Crippen LogP contribution is 2.58. The van der Waals surface area contributed by atoms with Gasteiger partial charge in [-0.05, 0) is 219 Å². The van der Waals surface area contributed by atoms with E-state index in [1.54, 1.807) is 11.1 Å². The molecule has 0 radical (unpaired) electrons. The number of nitrogens with zero attached hydrogens (tertiary/aromatic N) is 2. The lowest BCUT2D eigenvalue weighted by Crippen LogP contribution is -2.25. The van der Waals surface area contributed by atoms with Crippen LogP contribution in [0.5, 0.6) is 0 Å². The topological polar surface area (TPSA) is 38.9 Å². The number of para-hydroxylation sites is 1. The number of benzene rings is 12. The van der Waals surface area contributed by atoms with Crippen LogP contribution >= 0.6 is 11.3 Å². The largest absolute Gasteiger partial charge is 0.456 e. The Kier molecular flexibility index (Phi) is 24.1. The van der Waals surface area contributed by atoms with Crippen LogP contribution in [0.15, 0.2) is 259 Å². The standard InChI is InChI=1S/C112H116N2OS/c1-7-11-15-19-23-32-61-111(62-33-24-20-16-12-8-2)100-65-78(6)45-56-92(100)93-58-53-86(72-102(93)111)90-67-89(84-55-60-108-98(70-84)99-74-97-96-41-30-31-42-106(96)115-107(97)76-109(99)116-108)68-91(69-90)87-54-59-95-94-57-52-85(71-101(94)112(103(95)73-87,63-34-25-21-17-13-9-3)64-35-26-22-18-14-10-4)83-39-36-40-88(66-83)105-75-104(113-110(114-105)82-37-28-27-29-38-82)81-50-48-80(49-51-81)79-46-43-77(5)44-47-79/h27-31,36-60,65-76H,7-26,32-35,61-64H2,1-6H3. The first-order valence-corrected chi connectivity index (χ1v) is 45.6. The highest BCUT2D eigenvalue weighted by molar-refractivity contribution is 7.25. The molecular weight excluding hydrogens is 1420 g/mol. The van der Waals surface area contributed by atoms with Gasteiger partial charge in [0.1, 0.15) is 11.2 Å². The molecule has 3 nitrogen and oxygen atoms in total. The first-order valence-electron chi connectivity index (χ1n) is 44.8. The molecule has 17 rings (SSSR count). The maximum atomic E-state index is 6.52. The Morgan fingerprint density at radius 3 is 1.18 bits per heavy atom. The predicted molar refractivity (Wildman–Crippen MR) is 500 cm³/mol. The van der Waals surface area contributed by atoms with Gasteiger partial charge in [0.2, 0.25) is 0 Å². The van der Waals surface area contributed by atoms with Crippen molar-refractivity contribution in [2.24, 2.45) is 0 Å². The summed E-state index contributed by atoms with van der Waals surface area (Å²) in [5, 5.41) is 4.94. The fourth-order valence-electron chi connectivity index (χ4n) is 20.0. The number of aromatic nitrogens is 2. The van der Waals surface area contributed by atoms with Crippen molar-refractivity contribution in [1.29, 1.82) is 0 Å². The summed E-state index contributed by atoms with van der Waals surface area (Å²) in [6.07, 6.45) is 35.4. The van der Waals surface area contributed by atoms with E-state index >= 15 is 0 Å². The Hall–Kier alpha value is -10.3. The van der Waals surface area contributed by atoms with Crippen LogP contribution < -0.4 is 0 Å². The number of thiophene rings is 1. The van der Waals surface area contributed by atoms with E-state index < -0.39 is 0 Å².